The zero-order chi connectivity index (χ0) is 14.5. The van der Waals surface area contributed by atoms with E-state index in [1.54, 1.807) is 0 Å². The van der Waals surface area contributed by atoms with E-state index in [9.17, 15) is 4.79 Å². The highest BCUT2D eigenvalue weighted by Gasteiger charge is 2.09. The van der Waals surface area contributed by atoms with Crippen LogP contribution in [-0.4, -0.2) is 15.9 Å². The molecule has 1 amide bonds. The summed E-state index contributed by atoms with van der Waals surface area (Å²) in [6.07, 6.45) is 0.201. The van der Waals surface area contributed by atoms with Gasteiger partial charge in [0.1, 0.15) is 11.0 Å². The molecular formula is C13H12Cl2N4O. The smallest absolute Gasteiger partial charge is 0.229 e. The lowest BCUT2D eigenvalue weighted by Crippen LogP contribution is -2.17. The van der Waals surface area contributed by atoms with E-state index in [1.165, 1.54) is 6.07 Å². The third-order valence-corrected chi connectivity index (χ3v) is 2.99. The van der Waals surface area contributed by atoms with Crippen LogP contribution in [0.5, 0.6) is 0 Å². The van der Waals surface area contributed by atoms with E-state index in [1.807, 2.05) is 24.3 Å². The summed E-state index contributed by atoms with van der Waals surface area (Å²) in [4.78, 5) is 19.6. The van der Waals surface area contributed by atoms with Crippen LogP contribution in [0.2, 0.25) is 10.4 Å². The second-order valence-electron chi connectivity index (χ2n) is 4.04. The van der Waals surface area contributed by atoms with Crippen molar-refractivity contribution in [2.75, 3.05) is 5.32 Å². The summed E-state index contributed by atoms with van der Waals surface area (Å²) < 4.78 is 0. The fourth-order valence-corrected chi connectivity index (χ4v) is 2.15. The molecule has 0 saturated heterocycles. The number of rotatable bonds is 4. The van der Waals surface area contributed by atoms with E-state index in [0.717, 1.165) is 11.1 Å². The first kappa shape index (κ1) is 14.7. The van der Waals surface area contributed by atoms with Crippen LogP contribution in [-0.2, 0) is 17.8 Å². The second kappa shape index (κ2) is 6.65. The Morgan fingerprint density at radius 2 is 1.90 bits per heavy atom. The molecule has 0 radical (unpaired) electrons. The number of hydrogen-bond donors (Lipinski definition) is 2. The number of hydrogen-bond acceptors (Lipinski definition) is 4. The molecule has 20 heavy (non-hydrogen) atoms. The molecule has 0 unspecified atom stereocenters. The molecule has 0 aliphatic rings. The Balaban J connectivity index is 2.09. The highest BCUT2D eigenvalue weighted by Crippen LogP contribution is 2.15. The van der Waals surface area contributed by atoms with Crippen LogP contribution >= 0.6 is 23.2 Å². The Morgan fingerprint density at radius 1 is 1.20 bits per heavy atom. The number of amides is 1. The maximum Gasteiger partial charge on any atom is 0.229 e. The predicted molar refractivity (Wildman–Crippen MR) is 78.7 cm³/mol. The van der Waals surface area contributed by atoms with Gasteiger partial charge in [0.2, 0.25) is 11.2 Å². The van der Waals surface area contributed by atoms with Gasteiger partial charge in [0.05, 0.1) is 6.42 Å². The molecule has 0 aliphatic carbocycles. The Morgan fingerprint density at radius 3 is 2.55 bits per heavy atom. The zero-order valence-corrected chi connectivity index (χ0v) is 11.9. The van der Waals surface area contributed by atoms with Crippen molar-refractivity contribution in [3.8, 4) is 0 Å². The van der Waals surface area contributed by atoms with Crippen LogP contribution in [0.15, 0.2) is 30.3 Å². The van der Waals surface area contributed by atoms with E-state index >= 15 is 0 Å². The minimum absolute atomic E-state index is 0.0184. The number of nitrogens with one attached hydrogen (secondary N) is 1. The Kier molecular flexibility index (Phi) is 4.89. The molecule has 1 aromatic heterocycles. The number of aromatic nitrogens is 2. The van der Waals surface area contributed by atoms with Crippen LogP contribution in [0, 0.1) is 0 Å². The summed E-state index contributed by atoms with van der Waals surface area (Å²) in [5, 5.41) is 2.77. The van der Waals surface area contributed by atoms with Crippen LogP contribution in [0.25, 0.3) is 0 Å². The molecular weight excluding hydrogens is 299 g/mol. The molecule has 0 fully saturated rings. The van der Waals surface area contributed by atoms with Gasteiger partial charge in [-0.2, -0.15) is 0 Å². The molecule has 2 rings (SSSR count). The summed E-state index contributed by atoms with van der Waals surface area (Å²) >= 11 is 11.4. The average Bonchev–Trinajstić information content (AvgIpc) is 2.37. The summed E-state index contributed by atoms with van der Waals surface area (Å²) in [7, 11) is 0. The number of carbonyl (C=O) groups is 1. The maximum atomic E-state index is 12.0. The number of nitrogens with zero attached hydrogens (tertiary/aromatic N) is 2. The summed E-state index contributed by atoms with van der Waals surface area (Å²) in [5.74, 6) is 0.0435. The van der Waals surface area contributed by atoms with E-state index in [-0.39, 0.29) is 28.6 Å². The first-order valence-corrected chi connectivity index (χ1v) is 6.61. The Bertz CT molecular complexity index is 613. The highest BCUT2D eigenvalue weighted by atomic mass is 35.5. The van der Waals surface area contributed by atoms with Gasteiger partial charge in [-0.25, -0.2) is 9.97 Å². The fourth-order valence-electron chi connectivity index (χ4n) is 1.74. The third-order valence-electron chi connectivity index (χ3n) is 2.62. The standard InChI is InChI=1S/C13H12Cl2N4O/c14-10-6-11(19-13(15)17-10)18-12(20)5-8-3-1-2-4-9(8)7-16/h1-4,6H,5,7,16H2,(H,17,18,19,20). The zero-order valence-electron chi connectivity index (χ0n) is 10.4. The molecule has 0 saturated carbocycles. The van der Waals surface area contributed by atoms with Gasteiger partial charge in [0, 0.05) is 12.6 Å². The van der Waals surface area contributed by atoms with Crippen LogP contribution < -0.4 is 11.1 Å². The minimum Gasteiger partial charge on any atom is -0.326 e. The molecule has 0 atom stereocenters. The SMILES string of the molecule is NCc1ccccc1CC(=O)Nc1cc(Cl)nc(Cl)n1. The molecule has 3 N–H and O–H groups in total. The van der Waals surface area contributed by atoms with Crippen molar-refractivity contribution in [1.29, 1.82) is 0 Å². The number of carbonyl (C=O) groups excluding carboxylic acids is 1. The lowest BCUT2D eigenvalue weighted by molar-refractivity contribution is -0.115. The van der Waals surface area contributed by atoms with Gasteiger partial charge in [-0.05, 0) is 22.7 Å². The van der Waals surface area contributed by atoms with Crippen molar-refractivity contribution in [3.63, 3.8) is 0 Å². The van der Waals surface area contributed by atoms with Gasteiger partial charge in [0.25, 0.3) is 0 Å². The Hall–Kier alpha value is -1.69. The Labute approximate surface area is 126 Å². The normalized spacial score (nSPS) is 10.3. The van der Waals surface area contributed by atoms with Crippen LogP contribution in [0.3, 0.4) is 0 Å². The molecule has 0 bridgehead atoms. The van der Waals surface area contributed by atoms with E-state index in [2.05, 4.69) is 15.3 Å². The van der Waals surface area contributed by atoms with E-state index in [4.69, 9.17) is 28.9 Å². The van der Waals surface area contributed by atoms with Crippen molar-refractivity contribution in [2.24, 2.45) is 5.73 Å². The van der Waals surface area contributed by atoms with Crippen molar-refractivity contribution < 1.29 is 4.79 Å². The first-order valence-electron chi connectivity index (χ1n) is 5.85. The third kappa shape index (κ3) is 3.90. The predicted octanol–water partition coefficient (Wildman–Crippen LogP) is 2.42. The van der Waals surface area contributed by atoms with Gasteiger partial charge in [-0.15, -0.1) is 0 Å². The summed E-state index contributed by atoms with van der Waals surface area (Å²) in [6, 6.07) is 8.93. The van der Waals surface area contributed by atoms with Crippen LogP contribution in [0.1, 0.15) is 11.1 Å². The minimum atomic E-state index is -0.225. The molecule has 0 aliphatic heterocycles. The second-order valence-corrected chi connectivity index (χ2v) is 4.77. The maximum absolute atomic E-state index is 12.0. The van der Waals surface area contributed by atoms with Gasteiger partial charge in [-0.3, -0.25) is 4.79 Å². The number of halogens is 2. The molecule has 0 spiro atoms. The van der Waals surface area contributed by atoms with E-state index < -0.39 is 0 Å². The van der Waals surface area contributed by atoms with Crippen molar-refractivity contribution in [2.45, 2.75) is 13.0 Å². The van der Waals surface area contributed by atoms with Crippen molar-refractivity contribution in [1.82, 2.24) is 9.97 Å². The average molecular weight is 311 g/mol. The topological polar surface area (TPSA) is 80.9 Å². The van der Waals surface area contributed by atoms with Gasteiger partial charge < -0.3 is 11.1 Å². The summed E-state index contributed by atoms with van der Waals surface area (Å²) in [6.45, 7) is 0.384. The quantitative estimate of drug-likeness (QED) is 0.671. The van der Waals surface area contributed by atoms with Gasteiger partial charge in [0.15, 0.2) is 0 Å². The summed E-state index contributed by atoms with van der Waals surface area (Å²) in [5.41, 5.74) is 7.44. The number of anilines is 1. The molecule has 5 nitrogen and oxygen atoms in total. The molecule has 1 aromatic carbocycles. The number of benzene rings is 1. The fraction of sp³-hybridized carbons (Fsp3) is 0.154. The van der Waals surface area contributed by atoms with E-state index in [0.29, 0.717) is 6.54 Å². The van der Waals surface area contributed by atoms with Gasteiger partial charge in [-0.1, -0.05) is 35.9 Å². The monoisotopic (exact) mass is 310 g/mol. The van der Waals surface area contributed by atoms with Gasteiger partial charge >= 0.3 is 0 Å². The lowest BCUT2D eigenvalue weighted by atomic mass is 10.0. The largest absolute Gasteiger partial charge is 0.326 e. The number of nitrogens with two attached hydrogens (primary N) is 1. The molecule has 2 aromatic rings. The molecule has 7 heteroatoms. The molecule has 1 heterocycles. The van der Waals surface area contributed by atoms with Crippen molar-refractivity contribution >= 4 is 34.9 Å². The highest BCUT2D eigenvalue weighted by molar-refractivity contribution is 6.32. The first-order chi connectivity index (χ1) is 9.58. The van der Waals surface area contributed by atoms with Crippen LogP contribution in [0.4, 0.5) is 5.82 Å². The molecule has 104 valence electrons. The van der Waals surface area contributed by atoms with Crippen molar-refractivity contribution in [3.05, 3.63) is 51.9 Å². The lowest BCUT2D eigenvalue weighted by Gasteiger charge is -2.08.